The molecular formula is C18H21N3O7. The Labute approximate surface area is 160 Å². The molecule has 10 heteroatoms. The summed E-state index contributed by atoms with van der Waals surface area (Å²) in [4.78, 5) is 54.9. The van der Waals surface area contributed by atoms with Gasteiger partial charge in [-0.2, -0.15) is 5.48 Å². The molecule has 0 saturated carbocycles. The summed E-state index contributed by atoms with van der Waals surface area (Å²) in [6, 6.07) is 8.83. The summed E-state index contributed by atoms with van der Waals surface area (Å²) in [5.74, 6) is -2.89. The van der Waals surface area contributed by atoms with Crippen LogP contribution in [-0.2, 0) is 25.8 Å². The minimum atomic E-state index is -2.23. The number of hydroxylamine groups is 1. The third-order valence-corrected chi connectivity index (χ3v) is 5.02. The maximum atomic E-state index is 12.2. The van der Waals surface area contributed by atoms with E-state index in [9.17, 15) is 29.4 Å². The zero-order valence-electron chi connectivity index (χ0n) is 15.0. The SMILES string of the molecule is O=C(O)N1C[C@H](NOCc2ccccc2)CC[C@]1(C(=O)O)N1C(=O)CCC1=O. The maximum Gasteiger partial charge on any atom is 0.409 e. The number of nitrogens with one attached hydrogen (secondary N) is 1. The molecule has 0 radical (unpaired) electrons. The van der Waals surface area contributed by atoms with Gasteiger partial charge >= 0.3 is 12.1 Å². The van der Waals surface area contributed by atoms with Crippen molar-refractivity contribution in [2.24, 2.45) is 0 Å². The molecule has 0 aliphatic carbocycles. The van der Waals surface area contributed by atoms with Crippen LogP contribution in [0.3, 0.4) is 0 Å². The van der Waals surface area contributed by atoms with Crippen LogP contribution in [0.5, 0.6) is 0 Å². The first kappa shape index (κ1) is 19.8. The normalized spacial score (nSPS) is 25.2. The molecule has 2 aliphatic rings. The predicted molar refractivity (Wildman–Crippen MR) is 93.6 cm³/mol. The molecule has 2 saturated heterocycles. The number of likely N-dealkylation sites (tertiary alicyclic amines) is 2. The van der Waals surface area contributed by atoms with Crippen molar-refractivity contribution in [3.8, 4) is 0 Å². The largest absolute Gasteiger partial charge is 0.478 e. The number of aliphatic carboxylic acids is 1. The Morgan fingerprint density at radius 1 is 1.14 bits per heavy atom. The molecule has 1 aromatic rings. The third-order valence-electron chi connectivity index (χ3n) is 5.02. The predicted octanol–water partition coefficient (Wildman–Crippen LogP) is 0.780. The Morgan fingerprint density at radius 2 is 1.79 bits per heavy atom. The molecule has 1 aromatic carbocycles. The topological polar surface area (TPSA) is 136 Å². The number of nitrogens with zero attached hydrogens (tertiary/aromatic N) is 2. The molecule has 2 fully saturated rings. The van der Waals surface area contributed by atoms with Gasteiger partial charge in [-0.3, -0.25) is 19.3 Å². The lowest BCUT2D eigenvalue weighted by Crippen LogP contribution is -2.72. The van der Waals surface area contributed by atoms with Gasteiger partial charge in [0.25, 0.3) is 0 Å². The third kappa shape index (κ3) is 3.56. The van der Waals surface area contributed by atoms with E-state index in [1.807, 2.05) is 30.3 Å². The highest BCUT2D eigenvalue weighted by molar-refractivity contribution is 6.06. The van der Waals surface area contributed by atoms with E-state index in [0.29, 0.717) is 9.80 Å². The molecule has 150 valence electrons. The summed E-state index contributed by atoms with van der Waals surface area (Å²) in [6.07, 6.45) is -1.78. The van der Waals surface area contributed by atoms with E-state index in [2.05, 4.69) is 5.48 Å². The van der Waals surface area contributed by atoms with Gasteiger partial charge in [0, 0.05) is 25.8 Å². The van der Waals surface area contributed by atoms with Crippen LogP contribution in [0.15, 0.2) is 30.3 Å². The fourth-order valence-electron chi connectivity index (χ4n) is 3.66. The van der Waals surface area contributed by atoms with Crippen LogP contribution in [0.1, 0.15) is 31.2 Å². The standard InChI is InChI=1S/C18H21N3O7/c22-14-6-7-15(23)21(14)18(16(24)25)9-8-13(10-20(18)17(26)27)19-28-11-12-4-2-1-3-5-12/h1-5,13,19H,6-11H2,(H,24,25)(H,26,27)/t13-,18-/m1/s1. The molecule has 2 aliphatic heterocycles. The van der Waals surface area contributed by atoms with E-state index in [1.54, 1.807) is 0 Å². The molecule has 2 atom stereocenters. The molecule has 0 bridgehead atoms. The fraction of sp³-hybridized carbons (Fsp3) is 0.444. The van der Waals surface area contributed by atoms with Crippen molar-refractivity contribution in [1.82, 2.24) is 15.3 Å². The van der Waals surface area contributed by atoms with Gasteiger partial charge in [0.2, 0.25) is 17.5 Å². The number of rotatable bonds is 6. The number of carboxylic acid groups (broad SMARTS) is 2. The lowest BCUT2D eigenvalue weighted by molar-refractivity contribution is -0.181. The molecule has 28 heavy (non-hydrogen) atoms. The zero-order valence-corrected chi connectivity index (χ0v) is 15.0. The number of hydrogen-bond acceptors (Lipinski definition) is 6. The average molecular weight is 391 g/mol. The van der Waals surface area contributed by atoms with Gasteiger partial charge in [-0.1, -0.05) is 30.3 Å². The van der Waals surface area contributed by atoms with E-state index >= 15 is 0 Å². The van der Waals surface area contributed by atoms with E-state index < -0.39 is 35.6 Å². The number of benzene rings is 1. The summed E-state index contributed by atoms with van der Waals surface area (Å²) >= 11 is 0. The number of carbonyl (C=O) groups excluding carboxylic acids is 2. The summed E-state index contributed by atoms with van der Waals surface area (Å²) in [5.41, 5.74) is 1.44. The van der Waals surface area contributed by atoms with Crippen LogP contribution in [-0.4, -0.2) is 62.1 Å². The van der Waals surface area contributed by atoms with Crippen molar-refractivity contribution in [3.63, 3.8) is 0 Å². The number of imide groups is 1. The first-order chi connectivity index (χ1) is 13.4. The number of carbonyl (C=O) groups is 4. The molecule has 10 nitrogen and oxygen atoms in total. The molecule has 3 rings (SSSR count). The summed E-state index contributed by atoms with van der Waals surface area (Å²) in [5, 5.41) is 19.4. The van der Waals surface area contributed by atoms with E-state index in [0.717, 1.165) is 5.56 Å². The minimum Gasteiger partial charge on any atom is -0.478 e. The highest BCUT2D eigenvalue weighted by Crippen LogP contribution is 2.36. The number of piperidine rings is 1. The van der Waals surface area contributed by atoms with E-state index in [-0.39, 0.29) is 38.8 Å². The zero-order chi connectivity index (χ0) is 20.3. The Bertz CT molecular complexity index is 769. The number of hydrogen-bond donors (Lipinski definition) is 3. The molecule has 0 spiro atoms. The van der Waals surface area contributed by atoms with Crippen molar-refractivity contribution in [1.29, 1.82) is 0 Å². The van der Waals surface area contributed by atoms with Crippen molar-refractivity contribution in [3.05, 3.63) is 35.9 Å². The molecule has 2 heterocycles. The van der Waals surface area contributed by atoms with Crippen LogP contribution in [0.2, 0.25) is 0 Å². The number of amides is 3. The highest BCUT2D eigenvalue weighted by Gasteiger charge is 2.59. The smallest absolute Gasteiger partial charge is 0.409 e. The summed E-state index contributed by atoms with van der Waals surface area (Å²) < 4.78 is 0. The second-order valence-corrected chi connectivity index (χ2v) is 6.77. The first-order valence-corrected chi connectivity index (χ1v) is 8.87. The van der Waals surface area contributed by atoms with Gasteiger partial charge in [0.15, 0.2) is 0 Å². The monoisotopic (exact) mass is 391 g/mol. The van der Waals surface area contributed by atoms with Crippen LogP contribution in [0, 0.1) is 0 Å². The van der Waals surface area contributed by atoms with E-state index in [1.165, 1.54) is 0 Å². The molecule has 0 aromatic heterocycles. The van der Waals surface area contributed by atoms with Crippen molar-refractivity contribution in [2.45, 2.75) is 44.0 Å². The van der Waals surface area contributed by atoms with Crippen LogP contribution in [0.25, 0.3) is 0 Å². The lowest BCUT2D eigenvalue weighted by Gasteiger charge is -2.48. The molecular weight excluding hydrogens is 370 g/mol. The first-order valence-electron chi connectivity index (χ1n) is 8.87. The van der Waals surface area contributed by atoms with Gasteiger partial charge in [-0.05, 0) is 12.0 Å². The highest BCUT2D eigenvalue weighted by atomic mass is 16.6. The molecule has 3 amide bonds. The number of carboxylic acids is 1. The fourth-order valence-corrected chi connectivity index (χ4v) is 3.66. The quantitative estimate of drug-likeness (QED) is 0.478. The molecule has 0 unspecified atom stereocenters. The van der Waals surface area contributed by atoms with Crippen molar-refractivity contribution < 1.29 is 34.2 Å². The van der Waals surface area contributed by atoms with Gasteiger partial charge < -0.3 is 10.2 Å². The van der Waals surface area contributed by atoms with Gasteiger partial charge in [-0.25, -0.2) is 14.5 Å². The van der Waals surface area contributed by atoms with Gasteiger partial charge in [-0.15, -0.1) is 0 Å². The Morgan fingerprint density at radius 3 is 2.36 bits per heavy atom. The summed E-state index contributed by atoms with van der Waals surface area (Å²) in [6.45, 7) is 0.00502. The van der Waals surface area contributed by atoms with Crippen LogP contribution >= 0.6 is 0 Å². The van der Waals surface area contributed by atoms with Gasteiger partial charge in [0.1, 0.15) is 0 Å². The lowest BCUT2D eigenvalue weighted by atomic mass is 9.91. The Balaban J connectivity index is 1.74. The average Bonchev–Trinajstić information content (AvgIpc) is 3.01. The van der Waals surface area contributed by atoms with Crippen molar-refractivity contribution in [2.75, 3.05) is 6.54 Å². The van der Waals surface area contributed by atoms with Crippen LogP contribution in [0.4, 0.5) is 4.79 Å². The summed E-state index contributed by atoms with van der Waals surface area (Å²) in [7, 11) is 0. The Kier molecular flexibility index (Phi) is 5.61. The molecule has 3 N–H and O–H groups in total. The van der Waals surface area contributed by atoms with E-state index in [4.69, 9.17) is 4.84 Å². The Hall–Kier alpha value is -2.98. The maximum absolute atomic E-state index is 12.2. The second-order valence-electron chi connectivity index (χ2n) is 6.77. The van der Waals surface area contributed by atoms with Crippen LogP contribution < -0.4 is 5.48 Å². The van der Waals surface area contributed by atoms with Crippen molar-refractivity contribution >= 4 is 23.9 Å². The minimum absolute atomic E-state index is 0.122. The second kappa shape index (κ2) is 7.95. The van der Waals surface area contributed by atoms with Gasteiger partial charge in [0.05, 0.1) is 12.6 Å².